The summed E-state index contributed by atoms with van der Waals surface area (Å²) < 4.78 is 0. The average molecular weight is 501 g/mol. The lowest BCUT2D eigenvalue weighted by Crippen LogP contribution is -2.53. The highest BCUT2D eigenvalue weighted by Gasteiger charge is 2.29. The van der Waals surface area contributed by atoms with Crippen molar-refractivity contribution in [1.82, 2.24) is 30.0 Å². The fraction of sp³-hybridized carbons (Fsp3) is 0.667. The third-order valence-electron chi connectivity index (χ3n) is 7.59. The molecule has 190 valence electrons. The Morgan fingerprint density at radius 3 is 2.29 bits per heavy atom. The van der Waals surface area contributed by atoms with Crippen molar-refractivity contribution in [3.8, 4) is 0 Å². The van der Waals surface area contributed by atoms with Crippen LogP contribution in [0, 0.1) is 0 Å². The minimum atomic E-state index is -0.357. The van der Waals surface area contributed by atoms with Gasteiger partial charge in [-0.1, -0.05) is 6.92 Å². The molecule has 2 amide bonds. The maximum atomic E-state index is 12.1. The molecule has 1 aromatic heterocycles. The van der Waals surface area contributed by atoms with E-state index in [1.54, 1.807) is 6.08 Å². The number of aromatic nitrogens is 2. The lowest BCUT2D eigenvalue weighted by molar-refractivity contribution is -0.115. The third-order valence-corrected chi connectivity index (χ3v) is 8.40. The number of likely N-dealkylation sites (tertiary alicyclic amines) is 1. The highest BCUT2D eigenvalue weighted by molar-refractivity contribution is 8.18. The molecule has 0 spiro atoms. The number of piperidine rings is 1. The number of hydrogen-bond donors (Lipinski definition) is 1. The van der Waals surface area contributed by atoms with Crippen LogP contribution in [0.5, 0.6) is 0 Å². The van der Waals surface area contributed by atoms with Crippen LogP contribution < -0.4 is 15.1 Å². The highest BCUT2D eigenvalue weighted by Crippen LogP contribution is 2.28. The van der Waals surface area contributed by atoms with E-state index in [2.05, 4.69) is 43.8 Å². The molecular formula is C24H36N8O2S. The lowest BCUT2D eigenvalue weighted by atomic mass is 10.0. The number of carbonyl (C=O) groups is 2. The Kier molecular flexibility index (Phi) is 7.56. The van der Waals surface area contributed by atoms with Gasteiger partial charge in [-0.25, -0.2) is 4.98 Å². The van der Waals surface area contributed by atoms with Crippen LogP contribution in [-0.2, 0) is 4.79 Å². The molecule has 0 aromatic carbocycles. The van der Waals surface area contributed by atoms with Crippen LogP contribution in [0.25, 0.3) is 6.08 Å². The first kappa shape index (κ1) is 24.5. The Bertz CT molecular complexity index is 964. The third kappa shape index (κ3) is 5.79. The molecule has 1 aromatic rings. The van der Waals surface area contributed by atoms with Crippen LogP contribution in [0.4, 0.5) is 16.6 Å². The maximum absolute atomic E-state index is 12.1. The molecule has 5 rings (SSSR count). The van der Waals surface area contributed by atoms with Gasteiger partial charge in [0.25, 0.3) is 11.1 Å². The topological polar surface area (TPSA) is 88.1 Å². The minimum absolute atomic E-state index is 0.337. The molecule has 0 unspecified atom stereocenters. The average Bonchev–Trinajstić information content (AvgIpc) is 3.20. The number of hydrogen-bond acceptors (Lipinski definition) is 10. The first-order chi connectivity index (χ1) is 17.0. The van der Waals surface area contributed by atoms with E-state index in [4.69, 9.17) is 9.97 Å². The molecule has 4 saturated heterocycles. The van der Waals surface area contributed by atoms with Crippen molar-refractivity contribution < 1.29 is 9.59 Å². The van der Waals surface area contributed by atoms with E-state index in [9.17, 15) is 9.59 Å². The Hall–Kier alpha value is -2.21. The number of carbonyl (C=O) groups excluding carboxylic acids is 2. The molecule has 4 fully saturated rings. The summed E-state index contributed by atoms with van der Waals surface area (Å²) in [5.74, 6) is 1.24. The summed E-state index contributed by atoms with van der Waals surface area (Å²) >= 11 is 0.927. The second-order valence-electron chi connectivity index (χ2n) is 9.78. The van der Waals surface area contributed by atoms with Crippen LogP contribution in [-0.4, -0.2) is 121 Å². The largest absolute Gasteiger partial charge is 0.354 e. The zero-order valence-electron chi connectivity index (χ0n) is 20.8. The van der Waals surface area contributed by atoms with Crippen molar-refractivity contribution in [2.75, 3.05) is 88.8 Å². The first-order valence-electron chi connectivity index (χ1n) is 12.8. The number of imide groups is 1. The van der Waals surface area contributed by atoms with Crippen LogP contribution in [0.1, 0.15) is 25.5 Å². The monoisotopic (exact) mass is 500 g/mol. The van der Waals surface area contributed by atoms with Gasteiger partial charge >= 0.3 is 0 Å². The summed E-state index contributed by atoms with van der Waals surface area (Å²) in [5, 5.41) is 1.99. The van der Waals surface area contributed by atoms with Crippen LogP contribution in [0.15, 0.2) is 11.0 Å². The van der Waals surface area contributed by atoms with Gasteiger partial charge in [0.15, 0.2) is 0 Å². The summed E-state index contributed by atoms with van der Waals surface area (Å²) in [6.45, 7) is 13.4. The van der Waals surface area contributed by atoms with Gasteiger partial charge in [0.1, 0.15) is 5.82 Å². The van der Waals surface area contributed by atoms with Gasteiger partial charge in [-0.15, -0.1) is 0 Å². The van der Waals surface area contributed by atoms with Crippen LogP contribution in [0.3, 0.4) is 0 Å². The predicted octanol–water partition coefficient (Wildman–Crippen LogP) is 1.16. The fourth-order valence-electron chi connectivity index (χ4n) is 5.30. The van der Waals surface area contributed by atoms with Crippen molar-refractivity contribution in [1.29, 1.82) is 0 Å². The molecule has 35 heavy (non-hydrogen) atoms. The number of anilines is 2. The van der Waals surface area contributed by atoms with Gasteiger partial charge < -0.3 is 19.6 Å². The standard InChI is InChI=1S/C24H36N8O2S/c1-3-29-6-4-19(5-7-29)30-12-14-32(15-13-30)23-25-18(16-20-22(33)27-24(34)35-20)17-21(26-23)31-10-8-28(2)9-11-31/h16-17,19H,3-15H2,1-2H3,(H,27,33,34)/b20-16-. The normalized spacial score (nSPS) is 25.0. The Balaban J connectivity index is 1.32. The minimum Gasteiger partial charge on any atom is -0.354 e. The SMILES string of the molecule is CCN1CCC(N2CCN(c3nc(/C=C4\SC(=O)NC4=O)cc(N4CCN(C)CC4)n3)CC2)CC1. The van der Waals surface area contributed by atoms with Gasteiger partial charge in [0.2, 0.25) is 5.95 Å². The number of likely N-dealkylation sites (N-methyl/N-ethyl adjacent to an activating group) is 1. The number of thioether (sulfide) groups is 1. The Morgan fingerprint density at radius 1 is 0.971 bits per heavy atom. The number of piperazine rings is 2. The summed E-state index contributed by atoms with van der Waals surface area (Å²) in [6, 6.07) is 2.62. The molecule has 10 nitrogen and oxygen atoms in total. The molecule has 0 atom stereocenters. The Morgan fingerprint density at radius 2 is 1.66 bits per heavy atom. The van der Waals surface area contributed by atoms with Crippen molar-refractivity contribution in [2.24, 2.45) is 0 Å². The molecule has 0 aliphatic carbocycles. The molecule has 4 aliphatic rings. The zero-order valence-corrected chi connectivity index (χ0v) is 21.6. The lowest BCUT2D eigenvalue weighted by Gasteiger charge is -2.42. The fourth-order valence-corrected chi connectivity index (χ4v) is 5.96. The summed E-state index contributed by atoms with van der Waals surface area (Å²) in [6.07, 6.45) is 4.21. The van der Waals surface area contributed by atoms with E-state index in [0.717, 1.165) is 76.5 Å². The van der Waals surface area contributed by atoms with Crippen LogP contribution >= 0.6 is 11.8 Å². The summed E-state index contributed by atoms with van der Waals surface area (Å²) in [5.41, 5.74) is 0.672. The molecule has 5 heterocycles. The Labute approximate surface area is 211 Å². The molecular weight excluding hydrogens is 464 g/mol. The van der Waals surface area contributed by atoms with E-state index >= 15 is 0 Å². The summed E-state index contributed by atoms with van der Waals surface area (Å²) in [4.78, 5) is 46.0. The second-order valence-corrected chi connectivity index (χ2v) is 10.8. The van der Waals surface area contributed by atoms with Crippen molar-refractivity contribution in [2.45, 2.75) is 25.8 Å². The predicted molar refractivity (Wildman–Crippen MR) is 140 cm³/mol. The summed E-state index contributed by atoms with van der Waals surface area (Å²) in [7, 11) is 2.14. The molecule has 0 saturated carbocycles. The van der Waals surface area contributed by atoms with E-state index < -0.39 is 0 Å². The first-order valence-corrected chi connectivity index (χ1v) is 13.6. The number of rotatable bonds is 5. The van der Waals surface area contributed by atoms with Gasteiger partial charge in [-0.3, -0.25) is 19.8 Å². The van der Waals surface area contributed by atoms with Gasteiger partial charge in [-0.05, 0) is 57.4 Å². The molecule has 11 heteroatoms. The molecule has 0 bridgehead atoms. The highest BCUT2D eigenvalue weighted by atomic mass is 32.2. The van der Waals surface area contributed by atoms with Crippen molar-refractivity contribution >= 4 is 40.8 Å². The van der Waals surface area contributed by atoms with Gasteiger partial charge in [-0.2, -0.15) is 4.98 Å². The van der Waals surface area contributed by atoms with E-state index in [0.29, 0.717) is 22.6 Å². The van der Waals surface area contributed by atoms with E-state index in [1.807, 2.05) is 6.07 Å². The van der Waals surface area contributed by atoms with Crippen molar-refractivity contribution in [3.63, 3.8) is 0 Å². The second kappa shape index (κ2) is 10.8. The zero-order chi connectivity index (χ0) is 24.4. The number of amides is 2. The molecule has 4 aliphatic heterocycles. The molecule has 1 N–H and O–H groups in total. The molecule has 0 radical (unpaired) electrons. The maximum Gasteiger partial charge on any atom is 0.290 e. The van der Waals surface area contributed by atoms with Gasteiger partial charge in [0.05, 0.1) is 10.6 Å². The smallest absolute Gasteiger partial charge is 0.290 e. The van der Waals surface area contributed by atoms with Crippen LogP contribution in [0.2, 0.25) is 0 Å². The van der Waals surface area contributed by atoms with E-state index in [1.165, 1.54) is 25.9 Å². The number of nitrogens with zero attached hydrogens (tertiary/aromatic N) is 7. The number of nitrogens with one attached hydrogen (secondary N) is 1. The van der Waals surface area contributed by atoms with Gasteiger partial charge in [0, 0.05) is 64.5 Å². The van der Waals surface area contributed by atoms with Crippen molar-refractivity contribution in [3.05, 3.63) is 16.7 Å². The van der Waals surface area contributed by atoms with E-state index in [-0.39, 0.29) is 11.1 Å². The quantitative estimate of drug-likeness (QED) is 0.594.